The van der Waals surface area contributed by atoms with Crippen molar-refractivity contribution in [3.05, 3.63) is 46.7 Å². The Morgan fingerprint density at radius 2 is 1.65 bits per heavy atom. The second-order valence-electron chi connectivity index (χ2n) is 12.1. The molecule has 2 aromatic rings. The number of nitrogens with zero attached hydrogens (tertiary/aromatic N) is 2. The monoisotopic (exact) mass is 610 g/mol. The first kappa shape index (κ1) is 31.3. The molecule has 0 bridgehead atoms. The summed E-state index contributed by atoms with van der Waals surface area (Å²) in [6.45, 7) is 1.00. The van der Waals surface area contributed by atoms with Crippen LogP contribution in [0.5, 0.6) is 11.5 Å². The summed E-state index contributed by atoms with van der Waals surface area (Å²) in [6.07, 6.45) is 12.0. The maximum Gasteiger partial charge on any atom is 0.415 e. The van der Waals surface area contributed by atoms with Crippen molar-refractivity contribution in [3.8, 4) is 11.5 Å². The van der Waals surface area contributed by atoms with Crippen LogP contribution in [0.1, 0.15) is 75.5 Å². The maximum absolute atomic E-state index is 14.4. The van der Waals surface area contributed by atoms with Crippen LogP contribution in [-0.4, -0.2) is 72.6 Å². The van der Waals surface area contributed by atoms with Crippen LogP contribution in [0.4, 0.5) is 4.79 Å². The Hall–Kier alpha value is -3.11. The Bertz CT molecular complexity index is 1180. The van der Waals surface area contributed by atoms with Gasteiger partial charge in [-0.3, -0.25) is 9.59 Å². The second-order valence-corrected chi connectivity index (χ2v) is 13.1. The molecule has 1 aromatic heterocycles. The first-order chi connectivity index (χ1) is 21.0. The number of amides is 3. The number of para-hydroxylation sites is 2. The molecule has 1 aliphatic heterocycles. The van der Waals surface area contributed by atoms with Crippen LogP contribution in [-0.2, 0) is 16.1 Å². The number of methoxy groups -OCH3 is 1. The van der Waals surface area contributed by atoms with Gasteiger partial charge < -0.3 is 29.9 Å². The molecule has 5 rings (SSSR count). The zero-order chi connectivity index (χ0) is 30.0. The standard InChI is InChI=1S/C33H46N4O5S/c1-41-29-16-8-9-17-30(29)42-33(40)36-18-19-37(28(23-36)31(38)34-22-26-15-10-20-43-26)32(39)27(21-24-11-4-2-5-12-24)35-25-13-6-3-7-14-25/h8-10,15-17,20,24-25,27-28,35H,2-7,11-14,18-19,21-23H2,1H3,(H,34,38)/t27-,28+/m1/s1. The average Bonchev–Trinajstić information content (AvgIpc) is 3.58. The fraction of sp³-hybridized carbons (Fsp3) is 0.606. The highest BCUT2D eigenvalue weighted by Gasteiger charge is 2.41. The molecule has 2 N–H and O–H groups in total. The maximum atomic E-state index is 14.4. The van der Waals surface area contributed by atoms with Crippen LogP contribution in [0.15, 0.2) is 41.8 Å². The van der Waals surface area contributed by atoms with Crippen molar-refractivity contribution in [1.29, 1.82) is 0 Å². The molecule has 2 saturated carbocycles. The largest absolute Gasteiger partial charge is 0.493 e. The summed E-state index contributed by atoms with van der Waals surface area (Å²) in [4.78, 5) is 45.7. The third-order valence-electron chi connectivity index (χ3n) is 9.14. The van der Waals surface area contributed by atoms with Gasteiger partial charge in [-0.15, -0.1) is 11.3 Å². The van der Waals surface area contributed by atoms with E-state index < -0.39 is 12.1 Å². The fourth-order valence-electron chi connectivity index (χ4n) is 6.75. The summed E-state index contributed by atoms with van der Waals surface area (Å²) in [6, 6.07) is 10.1. The molecule has 1 aromatic carbocycles. The summed E-state index contributed by atoms with van der Waals surface area (Å²) in [5.41, 5.74) is 0. The van der Waals surface area contributed by atoms with Crippen molar-refractivity contribution < 1.29 is 23.9 Å². The van der Waals surface area contributed by atoms with Crippen LogP contribution in [0.25, 0.3) is 0 Å². The fourth-order valence-corrected chi connectivity index (χ4v) is 7.40. The van der Waals surface area contributed by atoms with Gasteiger partial charge in [0.2, 0.25) is 11.8 Å². The normalized spacial score (nSPS) is 20.8. The molecule has 0 radical (unpaired) electrons. The quantitative estimate of drug-likeness (QED) is 0.377. The molecule has 43 heavy (non-hydrogen) atoms. The van der Waals surface area contributed by atoms with Crippen LogP contribution in [0, 0.1) is 5.92 Å². The Morgan fingerprint density at radius 1 is 0.930 bits per heavy atom. The lowest BCUT2D eigenvalue weighted by Crippen LogP contribution is -2.64. The Balaban J connectivity index is 1.33. The Morgan fingerprint density at radius 3 is 2.35 bits per heavy atom. The minimum Gasteiger partial charge on any atom is -0.493 e. The van der Waals surface area contributed by atoms with Gasteiger partial charge in [-0.05, 0) is 48.8 Å². The van der Waals surface area contributed by atoms with Gasteiger partial charge in [0.15, 0.2) is 11.5 Å². The van der Waals surface area contributed by atoms with Crippen molar-refractivity contribution in [3.63, 3.8) is 0 Å². The minimum atomic E-state index is -0.812. The van der Waals surface area contributed by atoms with Crippen LogP contribution < -0.4 is 20.1 Å². The molecule has 0 spiro atoms. The number of carbonyl (C=O) groups excluding carboxylic acids is 3. The van der Waals surface area contributed by atoms with E-state index >= 15 is 0 Å². The number of benzene rings is 1. The summed E-state index contributed by atoms with van der Waals surface area (Å²) in [7, 11) is 1.52. The zero-order valence-electron chi connectivity index (χ0n) is 25.3. The van der Waals surface area contributed by atoms with Gasteiger partial charge in [-0.1, -0.05) is 69.6 Å². The minimum absolute atomic E-state index is 0.0230. The molecule has 3 amide bonds. The van der Waals surface area contributed by atoms with Gasteiger partial charge in [-0.25, -0.2) is 4.79 Å². The van der Waals surface area contributed by atoms with E-state index in [4.69, 9.17) is 9.47 Å². The highest BCUT2D eigenvalue weighted by Crippen LogP contribution is 2.30. The molecule has 10 heteroatoms. The number of hydrogen-bond acceptors (Lipinski definition) is 7. The van der Waals surface area contributed by atoms with E-state index in [0.29, 0.717) is 30.0 Å². The third-order valence-corrected chi connectivity index (χ3v) is 10.0. The first-order valence-corrected chi connectivity index (χ1v) is 16.9. The van der Waals surface area contributed by atoms with Crippen LogP contribution in [0.3, 0.4) is 0 Å². The SMILES string of the molecule is COc1ccccc1OC(=O)N1CCN(C(=O)[C@@H](CC2CCCCC2)NC2CCCCC2)[C@H](C(=O)NCc2cccs2)C1. The van der Waals surface area contributed by atoms with Gasteiger partial charge in [-0.2, -0.15) is 0 Å². The lowest BCUT2D eigenvalue weighted by Gasteiger charge is -2.42. The molecule has 9 nitrogen and oxygen atoms in total. The molecular formula is C33H46N4O5S. The molecule has 3 fully saturated rings. The van der Waals surface area contributed by atoms with E-state index in [9.17, 15) is 14.4 Å². The number of thiophene rings is 1. The van der Waals surface area contributed by atoms with E-state index in [-0.39, 0.29) is 37.5 Å². The van der Waals surface area contributed by atoms with E-state index in [1.54, 1.807) is 40.5 Å². The van der Waals surface area contributed by atoms with Crippen molar-refractivity contribution >= 4 is 29.2 Å². The number of ether oxygens (including phenoxy) is 2. The smallest absolute Gasteiger partial charge is 0.415 e. The summed E-state index contributed by atoms with van der Waals surface area (Å²) in [5.74, 6) is 1.00. The predicted octanol–water partition coefficient (Wildman–Crippen LogP) is 5.35. The Labute approximate surface area is 259 Å². The highest BCUT2D eigenvalue weighted by atomic mass is 32.1. The molecular weight excluding hydrogens is 564 g/mol. The lowest BCUT2D eigenvalue weighted by atomic mass is 9.83. The zero-order valence-corrected chi connectivity index (χ0v) is 26.1. The first-order valence-electron chi connectivity index (χ1n) is 16.0. The lowest BCUT2D eigenvalue weighted by molar-refractivity contribution is -0.145. The Kier molecular flexibility index (Phi) is 11.3. The molecule has 2 heterocycles. The van der Waals surface area contributed by atoms with Crippen molar-refractivity contribution in [2.75, 3.05) is 26.7 Å². The van der Waals surface area contributed by atoms with Crippen LogP contribution in [0.2, 0.25) is 0 Å². The number of hydrogen-bond donors (Lipinski definition) is 2. The van der Waals surface area contributed by atoms with E-state index in [1.165, 1.54) is 50.5 Å². The van der Waals surface area contributed by atoms with Crippen molar-refractivity contribution in [2.24, 2.45) is 5.92 Å². The average molecular weight is 611 g/mol. The molecule has 3 aliphatic rings. The van der Waals surface area contributed by atoms with E-state index in [2.05, 4.69) is 10.6 Å². The topological polar surface area (TPSA) is 100 Å². The van der Waals surface area contributed by atoms with Gasteiger partial charge in [0, 0.05) is 24.0 Å². The summed E-state index contributed by atoms with van der Waals surface area (Å²) < 4.78 is 11.0. The second kappa shape index (κ2) is 15.6. The number of nitrogens with one attached hydrogen (secondary N) is 2. The van der Waals surface area contributed by atoms with Gasteiger partial charge in [0.25, 0.3) is 0 Å². The van der Waals surface area contributed by atoms with Crippen molar-refractivity contribution in [1.82, 2.24) is 20.4 Å². The molecule has 234 valence electrons. The molecule has 1 saturated heterocycles. The number of piperazine rings is 1. The number of rotatable bonds is 10. The van der Waals surface area contributed by atoms with Gasteiger partial charge >= 0.3 is 6.09 Å². The molecule has 2 aliphatic carbocycles. The number of carbonyl (C=O) groups is 3. The third kappa shape index (κ3) is 8.50. The molecule has 2 atom stereocenters. The summed E-state index contributed by atoms with van der Waals surface area (Å²) in [5, 5.41) is 8.75. The summed E-state index contributed by atoms with van der Waals surface area (Å²) >= 11 is 1.57. The van der Waals surface area contributed by atoms with Gasteiger partial charge in [0.1, 0.15) is 6.04 Å². The molecule has 0 unspecified atom stereocenters. The highest BCUT2D eigenvalue weighted by molar-refractivity contribution is 7.09. The van der Waals surface area contributed by atoms with E-state index in [0.717, 1.165) is 37.0 Å². The predicted molar refractivity (Wildman–Crippen MR) is 167 cm³/mol. The van der Waals surface area contributed by atoms with Crippen molar-refractivity contribution in [2.45, 2.75) is 95.3 Å². The van der Waals surface area contributed by atoms with Crippen LogP contribution >= 0.6 is 11.3 Å². The van der Waals surface area contributed by atoms with E-state index in [1.807, 2.05) is 17.5 Å². The van der Waals surface area contributed by atoms with Gasteiger partial charge in [0.05, 0.1) is 26.2 Å².